The van der Waals surface area contributed by atoms with Crippen LogP contribution in [-0.4, -0.2) is 24.2 Å². The van der Waals surface area contributed by atoms with Gasteiger partial charge in [0.1, 0.15) is 11.3 Å². The number of nitrogens with zero attached hydrogens (tertiary/aromatic N) is 1. The van der Waals surface area contributed by atoms with Gasteiger partial charge in [0.25, 0.3) is 11.6 Å². The van der Waals surface area contributed by atoms with Gasteiger partial charge in [0.05, 0.1) is 17.7 Å². The van der Waals surface area contributed by atoms with Gasteiger partial charge in [-0.05, 0) is 43.0 Å². The van der Waals surface area contributed by atoms with Crippen molar-refractivity contribution >= 4 is 29.0 Å². The Balaban J connectivity index is 2.41. The number of hydrogen-bond donors (Lipinski definition) is 1. The Labute approximate surface area is 138 Å². The molecule has 0 aromatic heterocycles. The van der Waals surface area contributed by atoms with Crippen LogP contribution < -0.4 is 10.1 Å². The number of carbonyl (C=O) groups excluding carboxylic acids is 1. The van der Waals surface area contributed by atoms with E-state index in [1.165, 1.54) is 31.0 Å². The molecule has 0 atom stereocenters. The Kier molecular flexibility index (Phi) is 5.23. The SMILES string of the molecule is COc1ccc(C)cc1NC(=O)c1cc(SC)ccc1[N+](=O)[O-]. The highest BCUT2D eigenvalue weighted by molar-refractivity contribution is 7.98. The van der Waals surface area contributed by atoms with Gasteiger partial charge >= 0.3 is 0 Å². The monoisotopic (exact) mass is 332 g/mol. The normalized spacial score (nSPS) is 10.2. The minimum atomic E-state index is -0.563. The summed E-state index contributed by atoms with van der Waals surface area (Å²) in [5.74, 6) is -0.0517. The van der Waals surface area contributed by atoms with E-state index >= 15 is 0 Å². The largest absolute Gasteiger partial charge is 0.495 e. The standard InChI is InChI=1S/C16H16N2O4S/c1-10-4-7-15(22-2)13(8-10)17-16(19)12-9-11(23-3)5-6-14(12)18(20)21/h4-9H,1-3H3,(H,17,19). The van der Waals surface area contributed by atoms with Gasteiger partial charge in [0.2, 0.25) is 0 Å². The highest BCUT2D eigenvalue weighted by atomic mass is 32.2. The molecule has 1 amide bonds. The summed E-state index contributed by atoms with van der Waals surface area (Å²) in [6.45, 7) is 1.88. The molecule has 0 aliphatic rings. The molecule has 7 heteroatoms. The molecule has 0 unspecified atom stereocenters. The summed E-state index contributed by atoms with van der Waals surface area (Å²) in [7, 11) is 1.50. The summed E-state index contributed by atoms with van der Waals surface area (Å²) in [6.07, 6.45) is 1.84. The van der Waals surface area contributed by atoms with Gasteiger partial charge in [0.15, 0.2) is 0 Å². The van der Waals surface area contributed by atoms with E-state index in [0.29, 0.717) is 11.4 Å². The second-order valence-corrected chi connectivity index (χ2v) is 5.68. The van der Waals surface area contributed by atoms with Crippen molar-refractivity contribution in [3.05, 3.63) is 57.6 Å². The fourth-order valence-electron chi connectivity index (χ4n) is 2.09. The first-order valence-corrected chi connectivity index (χ1v) is 7.97. The number of benzene rings is 2. The van der Waals surface area contributed by atoms with Crippen LogP contribution in [0.2, 0.25) is 0 Å². The summed E-state index contributed by atoms with van der Waals surface area (Å²) >= 11 is 1.41. The van der Waals surface area contributed by atoms with E-state index in [1.54, 1.807) is 18.2 Å². The highest BCUT2D eigenvalue weighted by Crippen LogP contribution is 2.29. The molecule has 6 nitrogen and oxygen atoms in total. The first-order chi connectivity index (χ1) is 11.0. The quantitative estimate of drug-likeness (QED) is 0.510. The molecular formula is C16H16N2O4S. The van der Waals surface area contributed by atoms with Gasteiger partial charge in [-0.3, -0.25) is 14.9 Å². The fraction of sp³-hybridized carbons (Fsp3) is 0.188. The summed E-state index contributed by atoms with van der Waals surface area (Å²) in [6, 6.07) is 9.81. The number of anilines is 1. The van der Waals surface area contributed by atoms with Gasteiger partial charge in [0, 0.05) is 11.0 Å². The van der Waals surface area contributed by atoms with E-state index in [2.05, 4.69) is 5.32 Å². The minimum absolute atomic E-state index is 0.0189. The Morgan fingerprint density at radius 3 is 2.61 bits per heavy atom. The van der Waals surface area contributed by atoms with Crippen molar-refractivity contribution in [3.8, 4) is 5.75 Å². The highest BCUT2D eigenvalue weighted by Gasteiger charge is 2.21. The lowest BCUT2D eigenvalue weighted by atomic mass is 10.1. The maximum atomic E-state index is 12.5. The molecule has 0 saturated carbocycles. The Hall–Kier alpha value is -2.54. The van der Waals surface area contributed by atoms with Crippen LogP contribution in [0.1, 0.15) is 15.9 Å². The van der Waals surface area contributed by atoms with Gasteiger partial charge in [-0.2, -0.15) is 0 Å². The number of methoxy groups -OCH3 is 1. The van der Waals surface area contributed by atoms with E-state index in [4.69, 9.17) is 4.74 Å². The van der Waals surface area contributed by atoms with Gasteiger partial charge in [-0.25, -0.2) is 0 Å². The molecule has 0 radical (unpaired) electrons. The number of amides is 1. The molecule has 2 aromatic carbocycles. The second-order valence-electron chi connectivity index (χ2n) is 4.80. The van der Waals surface area contributed by atoms with E-state index < -0.39 is 10.8 Å². The lowest BCUT2D eigenvalue weighted by Gasteiger charge is -2.11. The smallest absolute Gasteiger partial charge is 0.282 e. The van der Waals surface area contributed by atoms with Crippen LogP contribution in [0.5, 0.6) is 5.75 Å². The second kappa shape index (κ2) is 7.15. The van der Waals surface area contributed by atoms with Crippen LogP contribution in [0.3, 0.4) is 0 Å². The molecule has 0 aliphatic carbocycles. The number of thioether (sulfide) groups is 1. The molecule has 1 N–H and O–H groups in total. The van der Waals surface area contributed by atoms with Crippen molar-refractivity contribution in [1.29, 1.82) is 0 Å². The molecule has 120 valence electrons. The van der Waals surface area contributed by atoms with Crippen molar-refractivity contribution < 1.29 is 14.5 Å². The molecule has 0 aliphatic heterocycles. The van der Waals surface area contributed by atoms with Crippen molar-refractivity contribution in [2.45, 2.75) is 11.8 Å². The van der Waals surface area contributed by atoms with Crippen LogP contribution >= 0.6 is 11.8 Å². The van der Waals surface area contributed by atoms with Crippen molar-refractivity contribution in [2.24, 2.45) is 0 Å². The molecule has 0 spiro atoms. The average molecular weight is 332 g/mol. The minimum Gasteiger partial charge on any atom is -0.495 e. The zero-order valence-electron chi connectivity index (χ0n) is 13.0. The van der Waals surface area contributed by atoms with Crippen molar-refractivity contribution in [3.63, 3.8) is 0 Å². The third kappa shape index (κ3) is 3.81. The predicted octanol–water partition coefficient (Wildman–Crippen LogP) is 3.89. The summed E-state index contributed by atoms with van der Waals surface area (Å²) < 4.78 is 5.21. The van der Waals surface area contributed by atoms with Gasteiger partial charge in [-0.15, -0.1) is 11.8 Å². The first kappa shape index (κ1) is 16.8. The first-order valence-electron chi connectivity index (χ1n) is 6.74. The summed E-state index contributed by atoms with van der Waals surface area (Å²) in [5, 5.41) is 13.8. The number of nitro benzene ring substituents is 1. The van der Waals surface area contributed by atoms with Crippen LogP contribution in [0.15, 0.2) is 41.3 Å². The Bertz CT molecular complexity index is 762. The average Bonchev–Trinajstić information content (AvgIpc) is 2.54. The maximum Gasteiger partial charge on any atom is 0.282 e. The Morgan fingerprint density at radius 1 is 1.26 bits per heavy atom. The summed E-state index contributed by atoms with van der Waals surface area (Å²) in [5.41, 5.74) is 1.20. The van der Waals surface area contributed by atoms with Gasteiger partial charge in [-0.1, -0.05) is 6.07 Å². The molecular weight excluding hydrogens is 316 g/mol. The third-order valence-electron chi connectivity index (χ3n) is 3.25. The van der Waals surface area contributed by atoms with Gasteiger partial charge < -0.3 is 10.1 Å². The van der Waals surface area contributed by atoms with E-state index in [-0.39, 0.29) is 11.3 Å². The maximum absolute atomic E-state index is 12.5. The molecule has 0 saturated heterocycles. The lowest BCUT2D eigenvalue weighted by molar-refractivity contribution is -0.385. The fourth-order valence-corrected chi connectivity index (χ4v) is 2.53. The number of ether oxygens (including phenoxy) is 1. The zero-order valence-corrected chi connectivity index (χ0v) is 13.8. The zero-order chi connectivity index (χ0) is 17.0. The molecule has 0 fully saturated rings. The number of rotatable bonds is 5. The van der Waals surface area contributed by atoms with Crippen LogP contribution in [0, 0.1) is 17.0 Å². The molecule has 0 heterocycles. The van der Waals surface area contributed by atoms with Crippen molar-refractivity contribution in [1.82, 2.24) is 0 Å². The predicted molar refractivity (Wildman–Crippen MR) is 90.6 cm³/mol. The topological polar surface area (TPSA) is 81.5 Å². The number of hydrogen-bond acceptors (Lipinski definition) is 5. The van der Waals surface area contributed by atoms with E-state index in [0.717, 1.165) is 10.5 Å². The Morgan fingerprint density at radius 2 is 2.00 bits per heavy atom. The number of nitrogens with one attached hydrogen (secondary N) is 1. The third-order valence-corrected chi connectivity index (χ3v) is 3.97. The molecule has 0 bridgehead atoms. The number of aryl methyl sites for hydroxylation is 1. The van der Waals surface area contributed by atoms with Crippen LogP contribution in [0.4, 0.5) is 11.4 Å². The van der Waals surface area contributed by atoms with Crippen LogP contribution in [-0.2, 0) is 0 Å². The molecule has 2 aromatic rings. The molecule has 23 heavy (non-hydrogen) atoms. The number of nitro groups is 1. The van der Waals surface area contributed by atoms with Crippen molar-refractivity contribution in [2.75, 3.05) is 18.7 Å². The number of carbonyl (C=O) groups is 1. The molecule has 2 rings (SSSR count). The summed E-state index contributed by atoms with van der Waals surface area (Å²) in [4.78, 5) is 23.9. The van der Waals surface area contributed by atoms with E-state index in [1.807, 2.05) is 19.2 Å². The van der Waals surface area contributed by atoms with Crippen LogP contribution in [0.25, 0.3) is 0 Å². The lowest BCUT2D eigenvalue weighted by Crippen LogP contribution is -2.15. The van der Waals surface area contributed by atoms with E-state index in [9.17, 15) is 14.9 Å².